The summed E-state index contributed by atoms with van der Waals surface area (Å²) in [5.74, 6) is -0.828. The largest absolute Gasteiger partial charge is 0.450 e. The molecule has 1 unspecified atom stereocenters. The molecular formula is C26H17FN2O3S. The number of benzene rings is 3. The molecule has 3 aromatic carbocycles. The van der Waals surface area contributed by atoms with Crippen molar-refractivity contribution in [1.82, 2.24) is 4.98 Å². The zero-order valence-electron chi connectivity index (χ0n) is 17.5. The van der Waals surface area contributed by atoms with Crippen LogP contribution in [0.15, 0.2) is 75.9 Å². The van der Waals surface area contributed by atoms with E-state index in [1.807, 2.05) is 12.1 Å². The lowest BCUT2D eigenvalue weighted by Crippen LogP contribution is -2.29. The molecule has 0 fully saturated rings. The minimum atomic E-state index is -0.764. The molecule has 33 heavy (non-hydrogen) atoms. The van der Waals surface area contributed by atoms with Gasteiger partial charge in [-0.15, -0.1) is 0 Å². The SMILES string of the molecule is CCc1ccc2nc(N3C(=O)c4oc5ccccc5c(=O)c4C3c3ccc(F)cc3)sc2c1. The van der Waals surface area contributed by atoms with Gasteiger partial charge in [-0.1, -0.05) is 48.6 Å². The predicted octanol–water partition coefficient (Wildman–Crippen LogP) is 5.85. The first-order chi connectivity index (χ1) is 16.0. The average molecular weight is 456 g/mol. The summed E-state index contributed by atoms with van der Waals surface area (Å²) in [7, 11) is 0. The summed E-state index contributed by atoms with van der Waals surface area (Å²) in [6.45, 7) is 2.08. The van der Waals surface area contributed by atoms with Crippen molar-refractivity contribution in [3.63, 3.8) is 0 Å². The highest BCUT2D eigenvalue weighted by Gasteiger charge is 2.45. The number of hydrogen-bond donors (Lipinski definition) is 0. The number of amides is 1. The van der Waals surface area contributed by atoms with E-state index in [-0.39, 0.29) is 16.8 Å². The molecule has 1 aliphatic heterocycles. The van der Waals surface area contributed by atoms with Gasteiger partial charge in [0, 0.05) is 0 Å². The number of hydrogen-bond acceptors (Lipinski definition) is 5. The molecule has 0 spiro atoms. The van der Waals surface area contributed by atoms with E-state index in [4.69, 9.17) is 9.40 Å². The number of carbonyl (C=O) groups is 1. The quantitative estimate of drug-likeness (QED) is 0.341. The number of halogens is 1. The molecule has 7 heteroatoms. The Labute approximate surface area is 191 Å². The molecule has 0 bridgehead atoms. The van der Waals surface area contributed by atoms with Crippen molar-refractivity contribution in [3.05, 3.63) is 105 Å². The maximum absolute atomic E-state index is 13.7. The van der Waals surface area contributed by atoms with Crippen LogP contribution in [0.2, 0.25) is 0 Å². The van der Waals surface area contributed by atoms with Gasteiger partial charge >= 0.3 is 0 Å². The normalized spacial score (nSPS) is 15.5. The smallest absolute Gasteiger partial charge is 0.297 e. The molecule has 0 saturated carbocycles. The van der Waals surface area contributed by atoms with Crippen LogP contribution in [0.25, 0.3) is 21.2 Å². The number of thiazole rings is 1. The molecule has 6 rings (SSSR count). The van der Waals surface area contributed by atoms with E-state index in [9.17, 15) is 14.0 Å². The van der Waals surface area contributed by atoms with Crippen molar-refractivity contribution < 1.29 is 13.6 Å². The maximum Gasteiger partial charge on any atom is 0.297 e. The lowest BCUT2D eigenvalue weighted by Gasteiger charge is -2.22. The van der Waals surface area contributed by atoms with E-state index in [1.165, 1.54) is 33.9 Å². The standard InChI is InChI=1S/C26H17FN2O3S/c1-2-14-7-12-18-20(13-14)33-26(28-18)29-22(15-8-10-16(27)11-9-15)21-23(30)17-5-3-4-6-19(17)32-24(21)25(29)31/h3-13,22H,2H2,1H3. The molecule has 0 saturated heterocycles. The van der Waals surface area contributed by atoms with Crippen LogP contribution in [-0.4, -0.2) is 10.9 Å². The molecule has 1 amide bonds. The Morgan fingerprint density at radius 1 is 1.06 bits per heavy atom. The number of para-hydroxylation sites is 1. The van der Waals surface area contributed by atoms with Gasteiger partial charge in [0.25, 0.3) is 5.91 Å². The van der Waals surface area contributed by atoms with Gasteiger partial charge in [0.15, 0.2) is 10.6 Å². The highest BCUT2D eigenvalue weighted by Crippen LogP contribution is 2.43. The van der Waals surface area contributed by atoms with E-state index in [2.05, 4.69) is 13.0 Å². The van der Waals surface area contributed by atoms with Crippen molar-refractivity contribution in [3.8, 4) is 0 Å². The van der Waals surface area contributed by atoms with Gasteiger partial charge in [-0.25, -0.2) is 9.37 Å². The van der Waals surface area contributed by atoms with E-state index in [0.29, 0.717) is 21.7 Å². The number of anilines is 1. The second-order valence-corrected chi connectivity index (χ2v) is 8.96. The molecule has 5 nitrogen and oxygen atoms in total. The topological polar surface area (TPSA) is 63.4 Å². The van der Waals surface area contributed by atoms with Crippen LogP contribution in [0.5, 0.6) is 0 Å². The molecular weight excluding hydrogens is 439 g/mol. The third kappa shape index (κ3) is 3.00. The molecule has 5 aromatic rings. The van der Waals surface area contributed by atoms with Gasteiger partial charge in [-0.3, -0.25) is 14.5 Å². The number of carbonyl (C=O) groups excluding carboxylic acids is 1. The van der Waals surface area contributed by atoms with Crippen LogP contribution in [0, 0.1) is 5.82 Å². The van der Waals surface area contributed by atoms with Gasteiger partial charge in [0.05, 0.1) is 27.2 Å². The minimum Gasteiger partial charge on any atom is -0.450 e. The number of aromatic nitrogens is 1. The van der Waals surface area contributed by atoms with Crippen molar-refractivity contribution in [2.45, 2.75) is 19.4 Å². The number of fused-ring (bicyclic) bond motifs is 3. The van der Waals surface area contributed by atoms with Crippen molar-refractivity contribution in [1.29, 1.82) is 0 Å². The first kappa shape index (κ1) is 19.8. The van der Waals surface area contributed by atoms with Gasteiger partial charge in [-0.2, -0.15) is 0 Å². The third-order valence-electron chi connectivity index (χ3n) is 6.02. The number of rotatable bonds is 3. The van der Waals surface area contributed by atoms with Gasteiger partial charge in [-0.05, 0) is 53.9 Å². The van der Waals surface area contributed by atoms with Gasteiger partial charge < -0.3 is 4.42 Å². The Hall–Kier alpha value is -3.84. The molecule has 0 aliphatic carbocycles. The zero-order chi connectivity index (χ0) is 22.7. The molecule has 0 radical (unpaired) electrons. The van der Waals surface area contributed by atoms with E-state index >= 15 is 0 Å². The van der Waals surface area contributed by atoms with Crippen molar-refractivity contribution in [2.75, 3.05) is 4.90 Å². The molecule has 162 valence electrons. The molecule has 3 heterocycles. The molecule has 1 aliphatic rings. The lowest BCUT2D eigenvalue weighted by molar-refractivity contribution is 0.0971. The average Bonchev–Trinajstić information content (AvgIpc) is 3.38. The Kier molecular flexibility index (Phi) is 4.41. The van der Waals surface area contributed by atoms with Crippen LogP contribution in [0.1, 0.15) is 40.2 Å². The van der Waals surface area contributed by atoms with Crippen LogP contribution < -0.4 is 10.3 Å². The van der Waals surface area contributed by atoms with Gasteiger partial charge in [0.2, 0.25) is 5.76 Å². The number of aryl methyl sites for hydroxylation is 1. The minimum absolute atomic E-state index is 0.00142. The Morgan fingerprint density at radius 2 is 1.85 bits per heavy atom. The Balaban J connectivity index is 1.62. The monoisotopic (exact) mass is 456 g/mol. The van der Waals surface area contributed by atoms with Gasteiger partial charge in [0.1, 0.15) is 11.4 Å². The zero-order valence-corrected chi connectivity index (χ0v) is 18.4. The third-order valence-corrected chi connectivity index (χ3v) is 7.04. The number of nitrogens with zero attached hydrogens (tertiary/aromatic N) is 2. The summed E-state index contributed by atoms with van der Waals surface area (Å²) < 4.78 is 20.6. The fraction of sp³-hybridized carbons (Fsp3) is 0.115. The first-order valence-corrected chi connectivity index (χ1v) is 11.4. The Bertz CT molecular complexity index is 1620. The van der Waals surface area contributed by atoms with Crippen LogP contribution in [0.3, 0.4) is 0 Å². The van der Waals surface area contributed by atoms with Crippen molar-refractivity contribution >= 4 is 43.6 Å². The van der Waals surface area contributed by atoms with Crippen LogP contribution in [0.4, 0.5) is 9.52 Å². The molecule has 2 aromatic heterocycles. The molecule has 1 atom stereocenters. The van der Waals surface area contributed by atoms with Crippen molar-refractivity contribution in [2.24, 2.45) is 0 Å². The van der Waals surface area contributed by atoms with E-state index < -0.39 is 17.8 Å². The lowest BCUT2D eigenvalue weighted by atomic mass is 9.99. The van der Waals surface area contributed by atoms with Crippen LogP contribution >= 0.6 is 11.3 Å². The fourth-order valence-electron chi connectivity index (χ4n) is 4.36. The summed E-state index contributed by atoms with van der Waals surface area (Å²) in [6.07, 6.45) is 0.889. The summed E-state index contributed by atoms with van der Waals surface area (Å²) in [5, 5.41) is 0.863. The summed E-state index contributed by atoms with van der Waals surface area (Å²) in [4.78, 5) is 33.3. The van der Waals surface area contributed by atoms with Crippen LogP contribution in [-0.2, 0) is 6.42 Å². The Morgan fingerprint density at radius 3 is 2.64 bits per heavy atom. The summed E-state index contributed by atoms with van der Waals surface area (Å²) in [5.41, 5.74) is 2.89. The highest BCUT2D eigenvalue weighted by atomic mass is 32.1. The maximum atomic E-state index is 13.7. The fourth-order valence-corrected chi connectivity index (χ4v) is 5.41. The second kappa shape index (κ2) is 7.35. The highest BCUT2D eigenvalue weighted by molar-refractivity contribution is 7.22. The summed E-state index contributed by atoms with van der Waals surface area (Å²) in [6, 6.07) is 17.9. The molecule has 0 N–H and O–H groups in total. The second-order valence-electron chi connectivity index (χ2n) is 7.95. The van der Waals surface area contributed by atoms with E-state index in [1.54, 1.807) is 36.4 Å². The first-order valence-electron chi connectivity index (χ1n) is 10.6. The van der Waals surface area contributed by atoms with E-state index in [0.717, 1.165) is 16.6 Å². The predicted molar refractivity (Wildman–Crippen MR) is 127 cm³/mol. The summed E-state index contributed by atoms with van der Waals surface area (Å²) >= 11 is 1.39.